The number of carbonyl (C=O) groups excluding carboxylic acids is 1. The van der Waals surface area contributed by atoms with Crippen molar-refractivity contribution in [3.63, 3.8) is 0 Å². The van der Waals surface area contributed by atoms with Crippen molar-refractivity contribution < 1.29 is 14.5 Å². The van der Waals surface area contributed by atoms with E-state index < -0.39 is 4.92 Å². The Balaban J connectivity index is 1.94. The van der Waals surface area contributed by atoms with Crippen molar-refractivity contribution in [2.75, 3.05) is 18.6 Å². The normalized spacial score (nSPS) is 19.0. The molecule has 1 aliphatic carbocycles. The molecule has 8 nitrogen and oxygen atoms in total. The average Bonchev–Trinajstić information content (AvgIpc) is 2.59. The smallest absolute Gasteiger partial charge is 0.319 e. The first kappa shape index (κ1) is 17.9. The number of hydrazone groups is 1. The van der Waals surface area contributed by atoms with Crippen LogP contribution in [-0.2, 0) is 9.53 Å². The molecule has 1 saturated carbocycles. The Morgan fingerprint density at radius 2 is 2.12 bits per heavy atom. The zero-order valence-electron chi connectivity index (χ0n) is 13.7. The first-order valence-corrected chi connectivity index (χ1v) is 8.06. The second-order valence-electron chi connectivity index (χ2n) is 5.50. The molecule has 0 unspecified atom stereocenters. The molecule has 0 heterocycles. The molecule has 2 rings (SSSR count). The van der Waals surface area contributed by atoms with Gasteiger partial charge in [0.05, 0.1) is 29.5 Å². The van der Waals surface area contributed by atoms with Crippen LogP contribution in [-0.4, -0.2) is 35.8 Å². The van der Waals surface area contributed by atoms with Crippen LogP contribution in [0, 0.1) is 10.1 Å². The lowest BCUT2D eigenvalue weighted by Gasteiger charge is -2.24. The largest absolute Gasteiger partial charge is 0.465 e. The lowest BCUT2D eigenvalue weighted by atomic mass is 9.93. The summed E-state index contributed by atoms with van der Waals surface area (Å²) in [6.45, 7) is 2.31. The van der Waals surface area contributed by atoms with Gasteiger partial charge in [0.25, 0.3) is 5.69 Å². The molecule has 130 valence electrons. The fourth-order valence-corrected chi connectivity index (χ4v) is 2.56. The molecule has 0 spiro atoms. The Morgan fingerprint density at radius 3 is 2.79 bits per heavy atom. The Hall–Kier alpha value is -2.48. The standard InChI is InChI=1S/C16H22N4O4/c1-2-24-16(21)11-17-14-5-3-4-6-15(14)19-18-12-7-9-13(10-8-12)20(22)23/h7-10,14,17-18H,2-6,11H2,1H3/b19-15+/t14-/m0/s1. The predicted octanol–water partition coefficient (Wildman–Crippen LogP) is 2.46. The molecule has 1 atom stereocenters. The summed E-state index contributed by atoms with van der Waals surface area (Å²) in [6, 6.07) is 6.13. The number of esters is 1. The van der Waals surface area contributed by atoms with Gasteiger partial charge in [-0.3, -0.25) is 25.7 Å². The second-order valence-corrected chi connectivity index (χ2v) is 5.50. The summed E-state index contributed by atoms with van der Waals surface area (Å²) in [5.74, 6) is -0.272. The van der Waals surface area contributed by atoms with Crippen LogP contribution in [0.25, 0.3) is 0 Å². The zero-order valence-corrected chi connectivity index (χ0v) is 13.7. The van der Waals surface area contributed by atoms with Crippen molar-refractivity contribution in [3.8, 4) is 0 Å². The summed E-state index contributed by atoms with van der Waals surface area (Å²) in [5, 5.41) is 18.2. The lowest BCUT2D eigenvalue weighted by Crippen LogP contribution is -2.42. The van der Waals surface area contributed by atoms with Gasteiger partial charge in [-0.1, -0.05) is 6.42 Å². The van der Waals surface area contributed by atoms with Gasteiger partial charge in [-0.25, -0.2) is 0 Å². The number of benzene rings is 1. The third kappa shape index (κ3) is 5.31. The molecular weight excluding hydrogens is 312 g/mol. The van der Waals surface area contributed by atoms with E-state index in [1.165, 1.54) is 12.1 Å². The highest BCUT2D eigenvalue weighted by Gasteiger charge is 2.21. The van der Waals surface area contributed by atoms with E-state index in [1.807, 2.05) is 0 Å². The Bertz CT molecular complexity index is 601. The molecule has 8 heteroatoms. The maximum atomic E-state index is 11.5. The fraction of sp³-hybridized carbons (Fsp3) is 0.500. The number of nitro benzene ring substituents is 1. The SMILES string of the molecule is CCOC(=O)CN[C@H]1CCCC/C1=N\Nc1ccc([N+](=O)[O-])cc1. The van der Waals surface area contributed by atoms with E-state index in [1.54, 1.807) is 19.1 Å². The van der Waals surface area contributed by atoms with E-state index in [0.717, 1.165) is 31.4 Å². The second kappa shape index (κ2) is 8.97. The molecule has 0 radical (unpaired) electrons. The first-order valence-electron chi connectivity index (χ1n) is 8.06. The quantitative estimate of drug-likeness (QED) is 0.451. The summed E-state index contributed by atoms with van der Waals surface area (Å²) in [7, 11) is 0. The van der Waals surface area contributed by atoms with Crippen LogP contribution in [0.15, 0.2) is 29.4 Å². The number of nitro groups is 1. The molecule has 1 aliphatic rings. The summed E-state index contributed by atoms with van der Waals surface area (Å²) < 4.78 is 4.92. The molecule has 1 aromatic rings. The van der Waals surface area contributed by atoms with Crippen molar-refractivity contribution >= 4 is 23.1 Å². The van der Waals surface area contributed by atoms with Gasteiger partial charge in [0.15, 0.2) is 0 Å². The van der Waals surface area contributed by atoms with Crippen molar-refractivity contribution in [1.82, 2.24) is 5.32 Å². The summed E-state index contributed by atoms with van der Waals surface area (Å²) >= 11 is 0. The van der Waals surface area contributed by atoms with Gasteiger partial charge < -0.3 is 4.74 Å². The van der Waals surface area contributed by atoms with Crippen molar-refractivity contribution in [2.24, 2.45) is 5.10 Å². The highest BCUT2D eigenvalue weighted by molar-refractivity contribution is 5.91. The number of ether oxygens (including phenoxy) is 1. The highest BCUT2D eigenvalue weighted by Crippen LogP contribution is 2.18. The van der Waals surface area contributed by atoms with Crippen molar-refractivity contribution in [3.05, 3.63) is 34.4 Å². The van der Waals surface area contributed by atoms with E-state index in [9.17, 15) is 14.9 Å². The average molecular weight is 334 g/mol. The monoisotopic (exact) mass is 334 g/mol. The van der Waals surface area contributed by atoms with Gasteiger partial charge in [0.1, 0.15) is 0 Å². The number of hydrogen-bond donors (Lipinski definition) is 2. The predicted molar refractivity (Wildman–Crippen MR) is 91.0 cm³/mol. The molecule has 24 heavy (non-hydrogen) atoms. The number of nitrogens with zero attached hydrogens (tertiary/aromatic N) is 2. The Morgan fingerprint density at radius 1 is 1.38 bits per heavy atom. The number of hydrogen-bond acceptors (Lipinski definition) is 7. The maximum absolute atomic E-state index is 11.5. The number of non-ortho nitro benzene ring substituents is 1. The van der Waals surface area contributed by atoms with E-state index in [2.05, 4.69) is 15.8 Å². The molecule has 1 aromatic carbocycles. The third-order valence-electron chi connectivity index (χ3n) is 3.78. The van der Waals surface area contributed by atoms with Crippen LogP contribution in [0.4, 0.5) is 11.4 Å². The third-order valence-corrected chi connectivity index (χ3v) is 3.78. The zero-order chi connectivity index (χ0) is 17.4. The summed E-state index contributed by atoms with van der Waals surface area (Å²) in [6.07, 6.45) is 3.90. The van der Waals surface area contributed by atoms with Crippen LogP contribution >= 0.6 is 0 Å². The lowest BCUT2D eigenvalue weighted by molar-refractivity contribution is -0.384. The Labute approximate surface area is 140 Å². The number of carbonyl (C=O) groups is 1. The van der Waals surface area contributed by atoms with E-state index in [4.69, 9.17) is 4.74 Å². The minimum atomic E-state index is -0.438. The van der Waals surface area contributed by atoms with Gasteiger partial charge in [-0.15, -0.1) is 0 Å². The molecule has 0 bridgehead atoms. The number of rotatable bonds is 7. The maximum Gasteiger partial charge on any atom is 0.319 e. The van der Waals surface area contributed by atoms with E-state index >= 15 is 0 Å². The molecule has 0 saturated heterocycles. The van der Waals surface area contributed by atoms with Crippen molar-refractivity contribution in [2.45, 2.75) is 38.6 Å². The number of nitrogens with one attached hydrogen (secondary N) is 2. The fourth-order valence-electron chi connectivity index (χ4n) is 2.56. The van der Waals surface area contributed by atoms with Gasteiger partial charge in [0.2, 0.25) is 0 Å². The van der Waals surface area contributed by atoms with Crippen LogP contribution in [0.3, 0.4) is 0 Å². The van der Waals surface area contributed by atoms with Crippen molar-refractivity contribution in [1.29, 1.82) is 0 Å². The van der Waals surface area contributed by atoms with Gasteiger partial charge in [0, 0.05) is 18.2 Å². The molecule has 0 aromatic heterocycles. The van der Waals surface area contributed by atoms with Crippen LogP contribution in [0.5, 0.6) is 0 Å². The summed E-state index contributed by atoms with van der Waals surface area (Å²) in [4.78, 5) is 21.7. The van der Waals surface area contributed by atoms with Gasteiger partial charge in [-0.2, -0.15) is 5.10 Å². The Kier molecular flexibility index (Phi) is 6.68. The van der Waals surface area contributed by atoms with Gasteiger partial charge in [-0.05, 0) is 38.3 Å². The highest BCUT2D eigenvalue weighted by atomic mass is 16.6. The van der Waals surface area contributed by atoms with Crippen LogP contribution in [0.2, 0.25) is 0 Å². The van der Waals surface area contributed by atoms with Crippen LogP contribution in [0.1, 0.15) is 32.6 Å². The first-order chi connectivity index (χ1) is 11.6. The number of anilines is 1. The van der Waals surface area contributed by atoms with Crippen LogP contribution < -0.4 is 10.7 Å². The molecule has 2 N–H and O–H groups in total. The molecule has 1 fully saturated rings. The molecular formula is C16H22N4O4. The minimum absolute atomic E-state index is 0.0358. The van der Waals surface area contributed by atoms with Gasteiger partial charge >= 0.3 is 5.97 Å². The minimum Gasteiger partial charge on any atom is -0.465 e. The molecule has 0 aliphatic heterocycles. The topological polar surface area (TPSA) is 106 Å². The summed E-state index contributed by atoms with van der Waals surface area (Å²) in [5.41, 5.74) is 4.61. The molecule has 0 amide bonds. The van der Waals surface area contributed by atoms with E-state index in [0.29, 0.717) is 12.3 Å². The van der Waals surface area contributed by atoms with E-state index in [-0.39, 0.29) is 24.2 Å².